The first-order chi connectivity index (χ1) is 8.61. The maximum atomic E-state index is 10.00. The zero-order valence-electron chi connectivity index (χ0n) is 11.4. The molecular formula is C15H22N2O. The van der Waals surface area contributed by atoms with Gasteiger partial charge in [-0.1, -0.05) is 26.0 Å². The third kappa shape index (κ3) is 2.74. The highest BCUT2D eigenvalue weighted by atomic mass is 16.3. The molecule has 2 N–H and O–H groups in total. The van der Waals surface area contributed by atoms with Crippen LogP contribution in [0.4, 0.5) is 0 Å². The van der Waals surface area contributed by atoms with E-state index in [-0.39, 0.29) is 12.0 Å². The van der Waals surface area contributed by atoms with Crippen LogP contribution in [-0.4, -0.2) is 22.8 Å². The summed E-state index contributed by atoms with van der Waals surface area (Å²) in [6.45, 7) is 5.61. The quantitative estimate of drug-likeness (QED) is 0.850. The van der Waals surface area contributed by atoms with Gasteiger partial charge < -0.3 is 15.0 Å². The van der Waals surface area contributed by atoms with Gasteiger partial charge in [0.25, 0.3) is 0 Å². The molecule has 3 nitrogen and oxygen atoms in total. The molecule has 0 amide bonds. The highest BCUT2D eigenvalue weighted by Crippen LogP contribution is 2.19. The van der Waals surface area contributed by atoms with Crippen LogP contribution in [0.25, 0.3) is 10.9 Å². The van der Waals surface area contributed by atoms with E-state index in [1.54, 1.807) is 0 Å². The van der Waals surface area contributed by atoms with E-state index in [9.17, 15) is 5.11 Å². The van der Waals surface area contributed by atoms with Crippen LogP contribution in [0.3, 0.4) is 0 Å². The first-order valence-electron chi connectivity index (χ1n) is 6.52. The summed E-state index contributed by atoms with van der Waals surface area (Å²) < 4.78 is 2.14. The van der Waals surface area contributed by atoms with Gasteiger partial charge >= 0.3 is 0 Å². The number of aromatic nitrogens is 1. The van der Waals surface area contributed by atoms with Crippen LogP contribution < -0.4 is 5.32 Å². The predicted octanol–water partition coefficient (Wildman–Crippen LogP) is 2.38. The largest absolute Gasteiger partial charge is 0.391 e. The summed E-state index contributed by atoms with van der Waals surface area (Å²) in [6, 6.07) is 8.58. The van der Waals surface area contributed by atoms with Crippen molar-refractivity contribution in [3.63, 3.8) is 0 Å². The average Bonchev–Trinajstić information content (AvgIpc) is 2.72. The van der Waals surface area contributed by atoms with Gasteiger partial charge in [-0.2, -0.15) is 0 Å². The van der Waals surface area contributed by atoms with Crippen molar-refractivity contribution in [1.82, 2.24) is 9.88 Å². The lowest BCUT2D eigenvalue weighted by Gasteiger charge is -2.16. The topological polar surface area (TPSA) is 37.2 Å². The van der Waals surface area contributed by atoms with Crippen molar-refractivity contribution < 1.29 is 5.11 Å². The van der Waals surface area contributed by atoms with Crippen molar-refractivity contribution in [2.45, 2.75) is 33.0 Å². The number of hydrogen-bond acceptors (Lipinski definition) is 2. The Labute approximate surface area is 108 Å². The Morgan fingerprint density at radius 3 is 2.72 bits per heavy atom. The molecule has 0 bridgehead atoms. The number of aliphatic hydroxyl groups is 1. The fourth-order valence-electron chi connectivity index (χ4n) is 2.12. The number of hydrogen-bond donors (Lipinski definition) is 2. The van der Waals surface area contributed by atoms with Crippen LogP contribution in [0.2, 0.25) is 0 Å². The molecule has 0 fully saturated rings. The number of fused-ring (bicyclic) bond motifs is 1. The summed E-state index contributed by atoms with van der Waals surface area (Å²) in [5.41, 5.74) is 2.46. The zero-order valence-corrected chi connectivity index (χ0v) is 11.4. The SMILES string of the molecule is CNCc1ccc2ccn(CC(O)C(C)C)c2c1. The van der Waals surface area contributed by atoms with E-state index >= 15 is 0 Å². The van der Waals surface area contributed by atoms with E-state index in [0.717, 1.165) is 6.54 Å². The van der Waals surface area contributed by atoms with Crippen molar-refractivity contribution in [2.24, 2.45) is 5.92 Å². The van der Waals surface area contributed by atoms with E-state index in [4.69, 9.17) is 0 Å². The van der Waals surface area contributed by atoms with Gasteiger partial charge in [0.05, 0.1) is 6.10 Å². The lowest BCUT2D eigenvalue weighted by Crippen LogP contribution is -2.21. The van der Waals surface area contributed by atoms with Crippen LogP contribution in [0.15, 0.2) is 30.5 Å². The second kappa shape index (κ2) is 5.55. The van der Waals surface area contributed by atoms with Crippen molar-refractivity contribution >= 4 is 10.9 Å². The van der Waals surface area contributed by atoms with Gasteiger partial charge in [0.1, 0.15) is 0 Å². The monoisotopic (exact) mass is 246 g/mol. The molecule has 0 aliphatic carbocycles. The highest BCUT2D eigenvalue weighted by molar-refractivity contribution is 5.80. The maximum Gasteiger partial charge on any atom is 0.0741 e. The molecule has 2 rings (SSSR count). The average molecular weight is 246 g/mol. The fraction of sp³-hybridized carbons (Fsp3) is 0.467. The zero-order chi connectivity index (χ0) is 13.1. The van der Waals surface area contributed by atoms with Crippen molar-refractivity contribution in [1.29, 1.82) is 0 Å². The van der Waals surface area contributed by atoms with Gasteiger partial charge in [-0.05, 0) is 36.0 Å². The van der Waals surface area contributed by atoms with Gasteiger partial charge in [-0.15, -0.1) is 0 Å². The summed E-state index contributed by atoms with van der Waals surface area (Å²) in [5, 5.41) is 14.4. The Balaban J connectivity index is 2.30. The molecule has 1 heterocycles. The molecule has 0 spiro atoms. The normalized spacial score (nSPS) is 13.4. The summed E-state index contributed by atoms with van der Waals surface area (Å²) in [6.07, 6.45) is 1.76. The van der Waals surface area contributed by atoms with E-state index < -0.39 is 0 Å². The Hall–Kier alpha value is -1.32. The second-order valence-electron chi connectivity index (χ2n) is 5.20. The fourth-order valence-corrected chi connectivity index (χ4v) is 2.12. The Morgan fingerprint density at radius 2 is 2.06 bits per heavy atom. The minimum Gasteiger partial charge on any atom is -0.391 e. The lowest BCUT2D eigenvalue weighted by atomic mass is 10.1. The van der Waals surface area contributed by atoms with Crippen LogP contribution in [0.5, 0.6) is 0 Å². The molecule has 1 unspecified atom stereocenters. The number of nitrogens with one attached hydrogen (secondary N) is 1. The van der Waals surface area contributed by atoms with Crippen LogP contribution in [-0.2, 0) is 13.1 Å². The third-order valence-corrected chi connectivity index (χ3v) is 3.37. The summed E-state index contributed by atoms with van der Waals surface area (Å²) in [4.78, 5) is 0. The van der Waals surface area contributed by atoms with E-state index in [2.05, 4.69) is 40.3 Å². The van der Waals surface area contributed by atoms with Crippen molar-refractivity contribution in [3.05, 3.63) is 36.0 Å². The predicted molar refractivity (Wildman–Crippen MR) is 75.5 cm³/mol. The Kier molecular flexibility index (Phi) is 4.04. The highest BCUT2D eigenvalue weighted by Gasteiger charge is 2.11. The number of nitrogens with zero attached hydrogens (tertiary/aromatic N) is 1. The molecule has 1 aromatic heterocycles. The summed E-state index contributed by atoms with van der Waals surface area (Å²) in [5.74, 6) is 0.281. The van der Waals surface area contributed by atoms with Crippen LogP contribution >= 0.6 is 0 Å². The first-order valence-corrected chi connectivity index (χ1v) is 6.52. The molecular weight excluding hydrogens is 224 g/mol. The third-order valence-electron chi connectivity index (χ3n) is 3.37. The summed E-state index contributed by atoms with van der Waals surface area (Å²) in [7, 11) is 1.95. The van der Waals surface area contributed by atoms with Crippen molar-refractivity contribution in [3.8, 4) is 0 Å². The van der Waals surface area contributed by atoms with Gasteiger partial charge in [-0.25, -0.2) is 0 Å². The van der Waals surface area contributed by atoms with Crippen LogP contribution in [0, 0.1) is 5.92 Å². The Bertz CT molecular complexity index is 516. The molecule has 0 saturated heterocycles. The standard InChI is InChI=1S/C15H22N2O/c1-11(2)15(18)10-17-7-6-13-5-4-12(9-16-3)8-14(13)17/h4-8,11,15-16,18H,9-10H2,1-3H3. The molecule has 98 valence electrons. The first kappa shape index (κ1) is 13.1. The van der Waals surface area contributed by atoms with Crippen molar-refractivity contribution in [2.75, 3.05) is 7.05 Å². The molecule has 0 aliphatic heterocycles. The molecule has 1 atom stereocenters. The molecule has 18 heavy (non-hydrogen) atoms. The lowest BCUT2D eigenvalue weighted by molar-refractivity contribution is 0.108. The number of rotatable bonds is 5. The van der Waals surface area contributed by atoms with E-state index in [1.165, 1.54) is 16.5 Å². The smallest absolute Gasteiger partial charge is 0.0741 e. The van der Waals surface area contributed by atoms with E-state index in [1.807, 2.05) is 20.9 Å². The maximum absolute atomic E-state index is 10.00. The molecule has 0 aliphatic rings. The van der Waals surface area contributed by atoms with Gasteiger partial charge in [0.2, 0.25) is 0 Å². The second-order valence-corrected chi connectivity index (χ2v) is 5.20. The van der Waals surface area contributed by atoms with Gasteiger partial charge in [0.15, 0.2) is 0 Å². The van der Waals surface area contributed by atoms with E-state index in [0.29, 0.717) is 6.54 Å². The molecule has 1 aromatic carbocycles. The number of aliphatic hydroxyl groups excluding tert-OH is 1. The number of benzene rings is 1. The van der Waals surface area contributed by atoms with Gasteiger partial charge in [-0.3, -0.25) is 0 Å². The molecule has 0 radical (unpaired) electrons. The molecule has 0 saturated carbocycles. The minimum atomic E-state index is -0.298. The van der Waals surface area contributed by atoms with Gasteiger partial charge in [0, 0.05) is 24.8 Å². The Morgan fingerprint density at radius 1 is 1.28 bits per heavy atom. The van der Waals surface area contributed by atoms with Crippen LogP contribution in [0.1, 0.15) is 19.4 Å². The molecule has 3 heteroatoms. The minimum absolute atomic E-state index is 0.281. The molecule has 2 aromatic rings. The summed E-state index contributed by atoms with van der Waals surface area (Å²) >= 11 is 0.